The molecule has 0 radical (unpaired) electrons. The Labute approximate surface area is 110 Å². The van der Waals surface area contributed by atoms with Gasteiger partial charge in [0.2, 0.25) is 0 Å². The van der Waals surface area contributed by atoms with E-state index in [2.05, 4.69) is 51.7 Å². The van der Waals surface area contributed by atoms with Crippen molar-refractivity contribution >= 4 is 10.9 Å². The molecule has 0 aliphatic rings. The number of aromatic nitrogens is 2. The van der Waals surface area contributed by atoms with Crippen LogP contribution in [0.1, 0.15) is 58.3 Å². The van der Waals surface area contributed by atoms with E-state index in [0.29, 0.717) is 11.3 Å². The van der Waals surface area contributed by atoms with Crippen molar-refractivity contribution in [3.8, 4) is 0 Å². The van der Waals surface area contributed by atoms with Crippen molar-refractivity contribution in [3.63, 3.8) is 0 Å². The number of hydrogen-bond donors (Lipinski definition) is 1. The zero-order valence-electron chi connectivity index (χ0n) is 12.2. The van der Waals surface area contributed by atoms with E-state index >= 15 is 0 Å². The lowest BCUT2D eigenvalue weighted by atomic mass is 9.89. The second-order valence-corrected chi connectivity index (χ2v) is 6.65. The van der Waals surface area contributed by atoms with Crippen molar-refractivity contribution in [2.45, 2.75) is 53.4 Å². The highest BCUT2D eigenvalue weighted by atomic mass is 14.8. The summed E-state index contributed by atoms with van der Waals surface area (Å²) in [5.41, 5.74) is 3.99. The van der Waals surface area contributed by atoms with Crippen LogP contribution in [0.2, 0.25) is 0 Å². The fourth-order valence-corrected chi connectivity index (χ4v) is 2.13. The van der Waals surface area contributed by atoms with Gasteiger partial charge in [-0.05, 0) is 36.3 Å². The minimum absolute atomic E-state index is 0.356. The minimum atomic E-state index is 0.356. The van der Waals surface area contributed by atoms with E-state index in [9.17, 15) is 0 Å². The molecular weight excluding hydrogens is 220 g/mol. The van der Waals surface area contributed by atoms with Crippen LogP contribution in [0.25, 0.3) is 10.9 Å². The third kappa shape index (κ3) is 2.92. The molecule has 1 N–H and O–H groups in total. The van der Waals surface area contributed by atoms with E-state index in [1.54, 1.807) is 0 Å². The number of nitrogens with one attached hydrogen (secondary N) is 1. The SMILES string of the molecule is CC(C)c1cc2cc[nH]c2c(CCC(C)(C)C)n1. The molecule has 0 atom stereocenters. The monoisotopic (exact) mass is 244 g/mol. The number of pyridine rings is 1. The molecule has 2 rings (SSSR count). The summed E-state index contributed by atoms with van der Waals surface area (Å²) in [7, 11) is 0. The van der Waals surface area contributed by atoms with Gasteiger partial charge in [0.25, 0.3) is 0 Å². The summed E-state index contributed by atoms with van der Waals surface area (Å²) in [6, 6.07) is 4.35. The van der Waals surface area contributed by atoms with Crippen molar-refractivity contribution in [2.75, 3.05) is 0 Å². The number of aromatic amines is 1. The Morgan fingerprint density at radius 2 is 2.00 bits per heavy atom. The third-order valence-corrected chi connectivity index (χ3v) is 3.34. The van der Waals surface area contributed by atoms with E-state index in [-0.39, 0.29) is 0 Å². The maximum absolute atomic E-state index is 4.84. The first-order valence-electron chi connectivity index (χ1n) is 6.84. The van der Waals surface area contributed by atoms with Crippen LogP contribution in [0, 0.1) is 5.41 Å². The number of hydrogen-bond acceptors (Lipinski definition) is 1. The van der Waals surface area contributed by atoms with Crippen molar-refractivity contribution in [2.24, 2.45) is 5.41 Å². The Balaban J connectivity index is 2.37. The first-order valence-corrected chi connectivity index (χ1v) is 6.84. The molecule has 0 spiro atoms. The highest BCUT2D eigenvalue weighted by Crippen LogP contribution is 2.26. The molecule has 2 nitrogen and oxygen atoms in total. The maximum atomic E-state index is 4.84. The molecule has 2 heterocycles. The van der Waals surface area contributed by atoms with E-state index in [4.69, 9.17) is 4.98 Å². The molecule has 0 amide bonds. The molecule has 18 heavy (non-hydrogen) atoms. The highest BCUT2D eigenvalue weighted by molar-refractivity contribution is 5.81. The van der Waals surface area contributed by atoms with Crippen LogP contribution in [-0.2, 0) is 6.42 Å². The third-order valence-electron chi connectivity index (χ3n) is 3.34. The minimum Gasteiger partial charge on any atom is -0.360 e. The summed E-state index contributed by atoms with van der Waals surface area (Å²) in [5, 5.41) is 1.29. The van der Waals surface area contributed by atoms with Gasteiger partial charge in [-0.2, -0.15) is 0 Å². The average molecular weight is 244 g/mol. The number of rotatable bonds is 3. The topological polar surface area (TPSA) is 28.7 Å². The fraction of sp³-hybridized carbons (Fsp3) is 0.562. The number of aryl methyl sites for hydroxylation is 1. The summed E-state index contributed by atoms with van der Waals surface area (Å²) < 4.78 is 0. The molecular formula is C16H24N2. The van der Waals surface area contributed by atoms with Crippen LogP contribution >= 0.6 is 0 Å². The van der Waals surface area contributed by atoms with Gasteiger partial charge in [0.05, 0.1) is 11.2 Å². The molecule has 2 aromatic rings. The van der Waals surface area contributed by atoms with Crippen LogP contribution in [-0.4, -0.2) is 9.97 Å². The normalized spacial score (nSPS) is 12.6. The van der Waals surface area contributed by atoms with E-state index < -0.39 is 0 Å². The molecule has 2 heteroatoms. The number of H-pyrrole nitrogens is 1. The van der Waals surface area contributed by atoms with Crippen LogP contribution in [0.5, 0.6) is 0 Å². The Hall–Kier alpha value is -1.31. The van der Waals surface area contributed by atoms with Gasteiger partial charge in [-0.15, -0.1) is 0 Å². The average Bonchev–Trinajstić information content (AvgIpc) is 2.72. The highest BCUT2D eigenvalue weighted by Gasteiger charge is 2.14. The molecule has 98 valence electrons. The van der Waals surface area contributed by atoms with Gasteiger partial charge in [0.1, 0.15) is 0 Å². The first-order chi connectivity index (χ1) is 8.37. The molecule has 0 aliphatic heterocycles. The summed E-state index contributed by atoms with van der Waals surface area (Å²) in [6.07, 6.45) is 4.22. The van der Waals surface area contributed by atoms with Crippen molar-refractivity contribution < 1.29 is 0 Å². The van der Waals surface area contributed by atoms with Gasteiger partial charge in [-0.25, -0.2) is 0 Å². The summed E-state index contributed by atoms with van der Waals surface area (Å²) in [5.74, 6) is 0.484. The predicted octanol–water partition coefficient (Wildman–Crippen LogP) is 4.67. The van der Waals surface area contributed by atoms with Gasteiger partial charge in [0, 0.05) is 17.3 Å². The van der Waals surface area contributed by atoms with Gasteiger partial charge < -0.3 is 4.98 Å². The number of nitrogens with zero attached hydrogens (tertiary/aromatic N) is 1. The summed E-state index contributed by atoms with van der Waals surface area (Å²) >= 11 is 0. The van der Waals surface area contributed by atoms with Crippen molar-refractivity contribution in [1.29, 1.82) is 0 Å². The smallest absolute Gasteiger partial charge is 0.0673 e. The molecule has 0 saturated heterocycles. The zero-order chi connectivity index (χ0) is 13.3. The van der Waals surface area contributed by atoms with E-state index in [0.717, 1.165) is 12.8 Å². The molecule has 2 aromatic heterocycles. The van der Waals surface area contributed by atoms with E-state index in [1.165, 1.54) is 22.3 Å². The Bertz CT molecular complexity index is 530. The second-order valence-electron chi connectivity index (χ2n) is 6.65. The maximum Gasteiger partial charge on any atom is 0.0673 e. The van der Waals surface area contributed by atoms with Gasteiger partial charge in [-0.3, -0.25) is 4.98 Å². The molecule has 0 aromatic carbocycles. The van der Waals surface area contributed by atoms with Crippen LogP contribution in [0.4, 0.5) is 0 Å². The van der Waals surface area contributed by atoms with Crippen LogP contribution < -0.4 is 0 Å². The molecule has 0 unspecified atom stereocenters. The molecule has 0 saturated carbocycles. The van der Waals surface area contributed by atoms with Crippen molar-refractivity contribution in [1.82, 2.24) is 9.97 Å². The molecule has 0 aliphatic carbocycles. The Morgan fingerprint density at radius 1 is 1.28 bits per heavy atom. The largest absolute Gasteiger partial charge is 0.360 e. The van der Waals surface area contributed by atoms with Crippen LogP contribution in [0.15, 0.2) is 18.3 Å². The lowest BCUT2D eigenvalue weighted by molar-refractivity contribution is 0.377. The lowest BCUT2D eigenvalue weighted by Gasteiger charge is -2.18. The van der Waals surface area contributed by atoms with Gasteiger partial charge in [0.15, 0.2) is 0 Å². The second kappa shape index (κ2) is 4.75. The van der Waals surface area contributed by atoms with Crippen molar-refractivity contribution in [3.05, 3.63) is 29.7 Å². The number of fused-ring (bicyclic) bond motifs is 1. The molecule has 0 bridgehead atoms. The van der Waals surface area contributed by atoms with E-state index in [1.807, 2.05) is 6.20 Å². The van der Waals surface area contributed by atoms with Gasteiger partial charge >= 0.3 is 0 Å². The predicted molar refractivity (Wildman–Crippen MR) is 78.0 cm³/mol. The standard InChI is InChI=1S/C16H24N2/c1-11(2)14-10-12-7-9-17-15(12)13(18-14)6-8-16(3,4)5/h7,9-11,17H,6,8H2,1-5H3. The summed E-state index contributed by atoms with van der Waals surface area (Å²) in [4.78, 5) is 8.17. The van der Waals surface area contributed by atoms with Gasteiger partial charge in [-0.1, -0.05) is 34.6 Å². The Kier molecular flexibility index (Phi) is 3.47. The first kappa shape index (κ1) is 13.1. The Morgan fingerprint density at radius 3 is 2.61 bits per heavy atom. The zero-order valence-corrected chi connectivity index (χ0v) is 12.2. The summed E-state index contributed by atoms with van der Waals surface area (Å²) in [6.45, 7) is 11.3. The molecule has 0 fully saturated rings. The fourth-order valence-electron chi connectivity index (χ4n) is 2.13. The lowest BCUT2D eigenvalue weighted by Crippen LogP contribution is -2.08. The van der Waals surface area contributed by atoms with Crippen LogP contribution in [0.3, 0.4) is 0 Å². The quantitative estimate of drug-likeness (QED) is 0.835.